The molecule has 106 valence electrons. The van der Waals surface area contributed by atoms with Crippen molar-refractivity contribution < 1.29 is 4.79 Å². The predicted octanol–water partition coefficient (Wildman–Crippen LogP) is 2.23. The molecule has 0 unspecified atom stereocenters. The maximum Gasteiger partial charge on any atom is 0.251 e. The highest BCUT2D eigenvalue weighted by molar-refractivity contribution is 5.96. The van der Waals surface area contributed by atoms with Crippen LogP contribution in [0.1, 0.15) is 47.2 Å². The van der Waals surface area contributed by atoms with Crippen molar-refractivity contribution in [2.75, 3.05) is 13.1 Å². The molecule has 1 saturated carbocycles. The highest BCUT2D eigenvalue weighted by Crippen LogP contribution is 2.33. The van der Waals surface area contributed by atoms with Gasteiger partial charge in [0, 0.05) is 17.7 Å². The Morgan fingerprint density at radius 1 is 1.45 bits per heavy atom. The number of carbonyl (C=O) groups excluding carboxylic acids is 1. The highest BCUT2D eigenvalue weighted by atomic mass is 16.1. The molecule has 3 nitrogen and oxygen atoms in total. The van der Waals surface area contributed by atoms with Crippen LogP contribution in [0.2, 0.25) is 0 Å². The van der Waals surface area contributed by atoms with E-state index in [0.717, 1.165) is 30.0 Å². The molecular weight excluding hydrogens is 248 g/mol. The van der Waals surface area contributed by atoms with Gasteiger partial charge in [0.25, 0.3) is 5.91 Å². The molecule has 1 aromatic carbocycles. The number of hydrogen-bond acceptors (Lipinski definition) is 2. The van der Waals surface area contributed by atoms with Crippen LogP contribution in [0.15, 0.2) is 18.2 Å². The van der Waals surface area contributed by atoms with E-state index in [4.69, 9.17) is 5.73 Å². The lowest BCUT2D eigenvalue weighted by molar-refractivity contribution is 0.0952. The first-order chi connectivity index (χ1) is 9.70. The molecule has 0 atom stereocenters. The third-order valence-corrected chi connectivity index (χ3v) is 3.59. The number of hydrogen-bond donors (Lipinski definition) is 2. The molecule has 1 aromatic rings. The van der Waals surface area contributed by atoms with E-state index in [1.54, 1.807) is 0 Å². The summed E-state index contributed by atoms with van der Waals surface area (Å²) < 4.78 is 0. The van der Waals surface area contributed by atoms with E-state index in [0.29, 0.717) is 12.1 Å². The maximum absolute atomic E-state index is 12.2. The first-order valence-corrected chi connectivity index (χ1v) is 7.28. The average Bonchev–Trinajstić information content (AvgIpc) is 3.26. The average molecular weight is 270 g/mol. The summed E-state index contributed by atoms with van der Waals surface area (Å²) >= 11 is 0. The van der Waals surface area contributed by atoms with Crippen molar-refractivity contribution >= 4 is 5.91 Å². The van der Waals surface area contributed by atoms with Crippen LogP contribution in [-0.2, 0) is 0 Å². The molecule has 1 aliphatic carbocycles. The summed E-state index contributed by atoms with van der Waals surface area (Å²) in [7, 11) is 0. The van der Waals surface area contributed by atoms with Gasteiger partial charge < -0.3 is 11.1 Å². The van der Waals surface area contributed by atoms with Crippen LogP contribution in [0.25, 0.3) is 0 Å². The molecule has 0 saturated heterocycles. The third kappa shape index (κ3) is 4.40. The molecule has 20 heavy (non-hydrogen) atoms. The van der Waals surface area contributed by atoms with Gasteiger partial charge in [0.1, 0.15) is 0 Å². The van der Waals surface area contributed by atoms with Crippen LogP contribution in [0.3, 0.4) is 0 Å². The first-order valence-electron chi connectivity index (χ1n) is 7.28. The predicted molar refractivity (Wildman–Crippen MR) is 81.4 cm³/mol. The van der Waals surface area contributed by atoms with Crippen molar-refractivity contribution in [3.05, 3.63) is 34.9 Å². The Labute approximate surface area is 120 Å². The number of amides is 1. The summed E-state index contributed by atoms with van der Waals surface area (Å²) in [6, 6.07) is 5.69. The minimum Gasteiger partial charge on any atom is -0.352 e. The van der Waals surface area contributed by atoms with Gasteiger partial charge in [-0.05, 0) is 43.4 Å². The van der Waals surface area contributed by atoms with Gasteiger partial charge in [-0.1, -0.05) is 30.7 Å². The summed E-state index contributed by atoms with van der Waals surface area (Å²) in [5.41, 5.74) is 7.88. The summed E-state index contributed by atoms with van der Waals surface area (Å²) in [4.78, 5) is 12.2. The van der Waals surface area contributed by atoms with Crippen LogP contribution >= 0.6 is 0 Å². The Balaban J connectivity index is 1.92. The van der Waals surface area contributed by atoms with E-state index in [1.807, 2.05) is 25.1 Å². The molecule has 0 aliphatic heterocycles. The Bertz CT molecular complexity index is 536. The van der Waals surface area contributed by atoms with Crippen LogP contribution < -0.4 is 11.1 Å². The third-order valence-electron chi connectivity index (χ3n) is 3.59. The van der Waals surface area contributed by atoms with Gasteiger partial charge in [-0.2, -0.15) is 0 Å². The van der Waals surface area contributed by atoms with Crippen molar-refractivity contribution in [3.8, 4) is 11.8 Å². The van der Waals surface area contributed by atoms with E-state index in [1.165, 1.54) is 19.3 Å². The molecule has 0 heterocycles. The molecule has 0 bridgehead atoms. The summed E-state index contributed by atoms with van der Waals surface area (Å²) in [6.07, 6.45) is 5.05. The molecule has 1 amide bonds. The minimum absolute atomic E-state index is 0.00491. The Kier molecular flexibility index (Phi) is 5.20. The van der Waals surface area contributed by atoms with Gasteiger partial charge in [-0.25, -0.2) is 0 Å². The highest BCUT2D eigenvalue weighted by Gasteiger charge is 2.20. The lowest BCUT2D eigenvalue weighted by Gasteiger charge is -2.08. The van der Waals surface area contributed by atoms with Crippen molar-refractivity contribution in [1.29, 1.82) is 0 Å². The summed E-state index contributed by atoms with van der Waals surface area (Å²) in [6.45, 7) is 3.03. The van der Waals surface area contributed by atoms with Crippen molar-refractivity contribution in [2.24, 2.45) is 11.7 Å². The fourth-order valence-corrected chi connectivity index (χ4v) is 2.19. The topological polar surface area (TPSA) is 55.1 Å². The quantitative estimate of drug-likeness (QED) is 0.637. The zero-order valence-electron chi connectivity index (χ0n) is 12.0. The molecule has 3 N–H and O–H groups in total. The van der Waals surface area contributed by atoms with Gasteiger partial charge >= 0.3 is 0 Å². The molecular formula is C17H22N2O. The second-order valence-electron chi connectivity index (χ2n) is 5.38. The van der Waals surface area contributed by atoms with E-state index < -0.39 is 0 Å². The molecule has 2 rings (SSSR count). The number of nitrogens with one attached hydrogen (secondary N) is 1. The normalized spacial score (nSPS) is 13.5. The largest absolute Gasteiger partial charge is 0.352 e. The SMILES string of the molecule is Cc1ccc(C#CCN)cc1C(=O)NCCCC1CC1. The van der Waals surface area contributed by atoms with Crippen molar-refractivity contribution in [3.63, 3.8) is 0 Å². The Hall–Kier alpha value is -1.79. The zero-order valence-corrected chi connectivity index (χ0v) is 12.0. The van der Waals surface area contributed by atoms with Crippen molar-refractivity contribution in [2.45, 2.75) is 32.6 Å². The summed E-state index contributed by atoms with van der Waals surface area (Å²) in [5, 5.41) is 2.99. The summed E-state index contributed by atoms with van der Waals surface area (Å²) in [5.74, 6) is 6.69. The Morgan fingerprint density at radius 2 is 2.25 bits per heavy atom. The number of aryl methyl sites for hydroxylation is 1. The second kappa shape index (κ2) is 7.12. The lowest BCUT2D eigenvalue weighted by Crippen LogP contribution is -2.25. The number of rotatable bonds is 5. The van der Waals surface area contributed by atoms with Gasteiger partial charge in [0.2, 0.25) is 0 Å². The van der Waals surface area contributed by atoms with Gasteiger partial charge in [0.15, 0.2) is 0 Å². The van der Waals surface area contributed by atoms with E-state index in [9.17, 15) is 4.79 Å². The molecule has 0 radical (unpaired) electrons. The lowest BCUT2D eigenvalue weighted by atomic mass is 10.0. The van der Waals surface area contributed by atoms with Crippen LogP contribution in [-0.4, -0.2) is 19.0 Å². The standard InChI is InChI=1S/C17H22N2O/c1-13-6-7-15(4-2-10-18)12-16(13)17(20)19-11-3-5-14-8-9-14/h6-7,12,14H,3,5,8-11,18H2,1H3,(H,19,20). The molecule has 0 spiro atoms. The first kappa shape index (κ1) is 14.6. The second-order valence-corrected chi connectivity index (χ2v) is 5.38. The maximum atomic E-state index is 12.2. The molecule has 1 fully saturated rings. The van der Waals surface area contributed by atoms with Crippen LogP contribution in [0, 0.1) is 24.7 Å². The van der Waals surface area contributed by atoms with E-state index >= 15 is 0 Å². The van der Waals surface area contributed by atoms with Gasteiger partial charge in [0.05, 0.1) is 6.54 Å². The molecule has 0 aromatic heterocycles. The van der Waals surface area contributed by atoms with Crippen molar-refractivity contribution in [1.82, 2.24) is 5.32 Å². The smallest absolute Gasteiger partial charge is 0.251 e. The van der Waals surface area contributed by atoms with Gasteiger partial charge in [-0.15, -0.1) is 0 Å². The van der Waals surface area contributed by atoms with Gasteiger partial charge in [-0.3, -0.25) is 4.79 Å². The molecule has 1 aliphatic rings. The number of nitrogens with two attached hydrogens (primary N) is 1. The van der Waals surface area contributed by atoms with E-state index in [2.05, 4.69) is 17.2 Å². The fraction of sp³-hybridized carbons (Fsp3) is 0.471. The number of carbonyl (C=O) groups is 1. The monoisotopic (exact) mass is 270 g/mol. The molecule has 3 heteroatoms. The van der Waals surface area contributed by atoms with Crippen LogP contribution in [0.5, 0.6) is 0 Å². The van der Waals surface area contributed by atoms with Crippen LogP contribution in [0.4, 0.5) is 0 Å². The number of benzene rings is 1. The van der Waals surface area contributed by atoms with E-state index in [-0.39, 0.29) is 5.91 Å². The fourth-order valence-electron chi connectivity index (χ4n) is 2.19. The zero-order chi connectivity index (χ0) is 14.4. The Morgan fingerprint density at radius 3 is 2.95 bits per heavy atom. The minimum atomic E-state index is -0.00491.